The lowest BCUT2D eigenvalue weighted by Gasteiger charge is -2.16. The molecule has 1 rings (SSSR count). The zero-order valence-corrected chi connectivity index (χ0v) is 10.4. The molecule has 0 spiro atoms. The Morgan fingerprint density at radius 3 is 2.88 bits per heavy atom. The molecule has 0 saturated heterocycles. The van der Waals surface area contributed by atoms with Gasteiger partial charge in [0.25, 0.3) is 0 Å². The summed E-state index contributed by atoms with van der Waals surface area (Å²) in [5, 5.41) is 11.5. The van der Waals surface area contributed by atoms with Gasteiger partial charge < -0.3 is 10.1 Å². The first-order valence-corrected chi connectivity index (χ1v) is 5.92. The van der Waals surface area contributed by atoms with E-state index in [-0.39, 0.29) is 0 Å². The molecule has 1 aromatic heterocycles. The molecule has 1 N–H and O–H groups in total. The van der Waals surface area contributed by atoms with Crippen LogP contribution in [0.2, 0.25) is 0 Å². The predicted molar refractivity (Wildman–Crippen MR) is 63.3 cm³/mol. The molecule has 0 bridgehead atoms. The highest BCUT2D eigenvalue weighted by atomic mass is 16.5. The fourth-order valence-electron chi connectivity index (χ4n) is 1.54. The molecule has 1 heterocycles. The normalized spacial score (nSPS) is 12.9. The summed E-state index contributed by atoms with van der Waals surface area (Å²) in [4.78, 5) is 0. The lowest BCUT2D eigenvalue weighted by molar-refractivity contribution is 0.122. The van der Waals surface area contributed by atoms with E-state index in [1.807, 2.05) is 20.2 Å². The van der Waals surface area contributed by atoms with Crippen molar-refractivity contribution in [3.63, 3.8) is 0 Å². The minimum absolute atomic E-state index is 0.330. The second kappa shape index (κ2) is 7.35. The molecule has 1 atom stereocenters. The lowest BCUT2D eigenvalue weighted by Crippen LogP contribution is -2.36. The lowest BCUT2D eigenvalue weighted by atomic mass is 10.2. The fourth-order valence-corrected chi connectivity index (χ4v) is 1.54. The van der Waals surface area contributed by atoms with E-state index in [1.165, 1.54) is 0 Å². The third-order valence-electron chi connectivity index (χ3n) is 2.31. The molecule has 0 aliphatic heterocycles. The number of ether oxygens (including phenoxy) is 1. The van der Waals surface area contributed by atoms with Crippen molar-refractivity contribution in [3.05, 3.63) is 11.9 Å². The molecule has 92 valence electrons. The van der Waals surface area contributed by atoms with Crippen molar-refractivity contribution in [1.82, 2.24) is 20.3 Å². The summed E-state index contributed by atoms with van der Waals surface area (Å²) in [5.74, 6) is 0. The highest BCUT2D eigenvalue weighted by Gasteiger charge is 2.10. The maximum Gasteiger partial charge on any atom is 0.0843 e. The topological polar surface area (TPSA) is 52.0 Å². The summed E-state index contributed by atoms with van der Waals surface area (Å²) >= 11 is 0. The summed E-state index contributed by atoms with van der Waals surface area (Å²) in [6, 6.07) is 0.330. The fraction of sp³-hybridized carbons (Fsp3) is 0.818. The molecule has 1 aromatic rings. The van der Waals surface area contributed by atoms with Crippen LogP contribution in [0, 0.1) is 0 Å². The van der Waals surface area contributed by atoms with E-state index in [2.05, 4.69) is 22.6 Å². The van der Waals surface area contributed by atoms with Crippen molar-refractivity contribution >= 4 is 0 Å². The van der Waals surface area contributed by atoms with Gasteiger partial charge in [-0.15, -0.1) is 5.10 Å². The van der Waals surface area contributed by atoms with Gasteiger partial charge in [0.05, 0.1) is 12.3 Å². The van der Waals surface area contributed by atoms with Crippen LogP contribution in [-0.2, 0) is 18.2 Å². The highest BCUT2D eigenvalue weighted by Crippen LogP contribution is 1.99. The van der Waals surface area contributed by atoms with Gasteiger partial charge in [-0.05, 0) is 19.9 Å². The number of hydrogen-bond donors (Lipinski definition) is 1. The van der Waals surface area contributed by atoms with Gasteiger partial charge in [0.15, 0.2) is 0 Å². The number of hydrogen-bond acceptors (Lipinski definition) is 4. The van der Waals surface area contributed by atoms with Gasteiger partial charge in [-0.1, -0.05) is 12.1 Å². The van der Waals surface area contributed by atoms with E-state index in [1.54, 1.807) is 4.68 Å². The van der Waals surface area contributed by atoms with Crippen molar-refractivity contribution in [1.29, 1.82) is 0 Å². The Hall–Kier alpha value is -0.940. The molecule has 0 aromatic carbocycles. The number of nitrogens with one attached hydrogen (secondary N) is 1. The molecule has 0 aliphatic rings. The first-order chi connectivity index (χ1) is 7.76. The Morgan fingerprint density at radius 1 is 1.50 bits per heavy atom. The van der Waals surface area contributed by atoms with Crippen LogP contribution in [0.1, 0.15) is 26.0 Å². The van der Waals surface area contributed by atoms with Crippen LogP contribution in [0.4, 0.5) is 0 Å². The molecule has 0 fully saturated rings. The van der Waals surface area contributed by atoms with Crippen LogP contribution in [0.15, 0.2) is 6.20 Å². The quantitative estimate of drug-likeness (QED) is 0.711. The molecule has 5 nitrogen and oxygen atoms in total. The monoisotopic (exact) mass is 226 g/mol. The van der Waals surface area contributed by atoms with Crippen molar-refractivity contribution in [2.75, 3.05) is 19.8 Å². The summed E-state index contributed by atoms with van der Waals surface area (Å²) in [5.41, 5.74) is 1.01. The van der Waals surface area contributed by atoms with Gasteiger partial charge in [-0.2, -0.15) is 0 Å². The Morgan fingerprint density at radius 2 is 2.31 bits per heavy atom. The highest BCUT2D eigenvalue weighted by molar-refractivity contribution is 4.95. The average Bonchev–Trinajstić information content (AvgIpc) is 2.68. The predicted octanol–water partition coefficient (Wildman–Crippen LogP) is 0.762. The number of nitrogens with zero attached hydrogens (tertiary/aromatic N) is 3. The molecule has 0 saturated carbocycles. The first-order valence-electron chi connectivity index (χ1n) is 5.92. The Labute approximate surface area is 97.2 Å². The van der Waals surface area contributed by atoms with E-state index in [0.717, 1.165) is 38.3 Å². The summed E-state index contributed by atoms with van der Waals surface area (Å²) in [6.07, 6.45) is 3.95. The standard InChI is InChI=1S/C11H22N4O/c1-4-6-12-11(9-16-5-2)7-10-8-15(3)14-13-10/h8,11-12H,4-7,9H2,1-3H3. The van der Waals surface area contributed by atoms with Crippen molar-refractivity contribution in [2.24, 2.45) is 7.05 Å². The van der Waals surface area contributed by atoms with E-state index in [4.69, 9.17) is 4.74 Å². The van der Waals surface area contributed by atoms with E-state index in [9.17, 15) is 0 Å². The van der Waals surface area contributed by atoms with E-state index >= 15 is 0 Å². The minimum Gasteiger partial charge on any atom is -0.380 e. The minimum atomic E-state index is 0.330. The van der Waals surface area contributed by atoms with Crippen LogP contribution < -0.4 is 5.32 Å². The van der Waals surface area contributed by atoms with E-state index in [0.29, 0.717) is 6.04 Å². The summed E-state index contributed by atoms with van der Waals surface area (Å²) in [6.45, 7) is 6.67. The molecular weight excluding hydrogens is 204 g/mol. The zero-order chi connectivity index (χ0) is 11.8. The second-order valence-corrected chi connectivity index (χ2v) is 3.90. The van der Waals surface area contributed by atoms with Gasteiger partial charge in [0.2, 0.25) is 0 Å². The van der Waals surface area contributed by atoms with Gasteiger partial charge in [0, 0.05) is 32.3 Å². The van der Waals surface area contributed by atoms with E-state index < -0.39 is 0 Å². The molecule has 0 amide bonds. The van der Waals surface area contributed by atoms with Gasteiger partial charge in [-0.3, -0.25) is 4.68 Å². The molecule has 1 unspecified atom stereocenters. The maximum absolute atomic E-state index is 5.45. The molecule has 5 heteroatoms. The third-order valence-corrected chi connectivity index (χ3v) is 2.31. The Kier molecular flexibility index (Phi) is 6.03. The van der Waals surface area contributed by atoms with Gasteiger partial charge in [-0.25, -0.2) is 0 Å². The first kappa shape index (κ1) is 13.1. The maximum atomic E-state index is 5.45. The summed E-state index contributed by atoms with van der Waals surface area (Å²) < 4.78 is 7.18. The van der Waals surface area contributed by atoms with Crippen LogP contribution >= 0.6 is 0 Å². The van der Waals surface area contributed by atoms with Gasteiger partial charge in [0.1, 0.15) is 0 Å². The Bertz CT molecular complexity index is 279. The molecular formula is C11H22N4O. The van der Waals surface area contributed by atoms with Crippen LogP contribution in [0.3, 0.4) is 0 Å². The van der Waals surface area contributed by atoms with Crippen molar-refractivity contribution in [3.8, 4) is 0 Å². The molecule has 16 heavy (non-hydrogen) atoms. The number of rotatable bonds is 8. The SMILES string of the molecule is CCCNC(COCC)Cc1cn(C)nn1. The van der Waals surface area contributed by atoms with Crippen molar-refractivity contribution in [2.45, 2.75) is 32.7 Å². The Balaban J connectivity index is 2.41. The molecule has 0 radical (unpaired) electrons. The van der Waals surface area contributed by atoms with Gasteiger partial charge >= 0.3 is 0 Å². The second-order valence-electron chi connectivity index (χ2n) is 3.90. The third kappa shape index (κ3) is 4.72. The smallest absolute Gasteiger partial charge is 0.0843 e. The number of aryl methyl sites for hydroxylation is 1. The number of aromatic nitrogens is 3. The molecule has 0 aliphatic carbocycles. The van der Waals surface area contributed by atoms with Crippen molar-refractivity contribution < 1.29 is 4.74 Å². The zero-order valence-electron chi connectivity index (χ0n) is 10.4. The van der Waals surface area contributed by atoms with Crippen LogP contribution in [0.25, 0.3) is 0 Å². The largest absolute Gasteiger partial charge is 0.380 e. The van der Waals surface area contributed by atoms with Crippen LogP contribution in [-0.4, -0.2) is 40.8 Å². The van der Waals surface area contributed by atoms with Crippen LogP contribution in [0.5, 0.6) is 0 Å². The summed E-state index contributed by atoms with van der Waals surface area (Å²) in [7, 11) is 1.88. The average molecular weight is 226 g/mol.